The molecule has 0 fully saturated rings. The van der Waals surface area contributed by atoms with Gasteiger partial charge in [0.25, 0.3) is 0 Å². The quantitative estimate of drug-likeness (QED) is 0.158. The zero-order valence-corrected chi connectivity index (χ0v) is 69.5. The SMILES string of the molecule is [2H]c1c([2H])c([2H])c(-c2nc(-n3c4ccccc4c4c5sc6ccccc6c5c5ccccc5c43)nc3ccccc23)c([2H])c1[2H].c1ccc(-c2ccc(-c3nc(-n4c5ccccc5c5c6sc7ccccc7c6c6ccccc6c54)nc4ccccc34)cc2)cc1.c1ccc(-c2nc(-n3c4ccccc4c4c5sc6ccccc6c5c5ccccc5c43)nc3ccccc23)cc1. The second-order valence-corrected chi connectivity index (χ2v) is 34.9. The molecule has 0 N–H and O–H groups in total. The maximum atomic E-state index is 8.77. The molecule has 0 aliphatic rings. The molecule has 586 valence electrons. The molecule has 9 aromatic heterocycles. The van der Waals surface area contributed by atoms with Gasteiger partial charge in [-0.3, -0.25) is 13.7 Å². The van der Waals surface area contributed by atoms with E-state index in [1.165, 1.54) is 115 Å². The molecule has 12 heteroatoms. The van der Waals surface area contributed by atoms with E-state index >= 15 is 0 Å². The van der Waals surface area contributed by atoms with Crippen LogP contribution in [0.15, 0.2) is 406 Å². The highest BCUT2D eigenvalue weighted by Crippen LogP contribution is 2.53. The fraction of sp³-hybridized carbons (Fsp3) is 0. The summed E-state index contributed by atoms with van der Waals surface area (Å²) in [4.78, 5) is 31.3. The number of hydrogen-bond donors (Lipinski definition) is 0. The minimum absolute atomic E-state index is 0.0540. The predicted octanol–water partition coefficient (Wildman–Crippen LogP) is 31.4. The number of aromatic nitrogens is 9. The number of rotatable bonds is 7. The Morgan fingerprint density at radius 1 is 0.190 bits per heavy atom. The van der Waals surface area contributed by atoms with Crippen molar-refractivity contribution in [1.29, 1.82) is 0 Å². The van der Waals surface area contributed by atoms with E-state index in [-0.39, 0.29) is 17.6 Å². The van der Waals surface area contributed by atoms with Gasteiger partial charge in [-0.05, 0) is 81.9 Å². The Bertz CT molecular complexity index is 9700. The first kappa shape index (κ1) is 66.7. The molecular weight excluding hydrogens is 1590 g/mol. The molecule has 0 spiro atoms. The minimum atomic E-state index is -0.437. The third-order valence-corrected chi connectivity index (χ3v) is 28.4. The van der Waals surface area contributed by atoms with Crippen molar-refractivity contribution in [3.63, 3.8) is 0 Å². The van der Waals surface area contributed by atoms with Crippen LogP contribution in [0.5, 0.6) is 0 Å². The van der Waals surface area contributed by atoms with Crippen LogP contribution >= 0.6 is 34.0 Å². The van der Waals surface area contributed by atoms with Gasteiger partial charge >= 0.3 is 0 Å². The largest absolute Gasteiger partial charge is 0.277 e. The van der Waals surface area contributed by atoms with Crippen LogP contribution in [0.1, 0.15) is 6.85 Å². The smallest absolute Gasteiger partial charge is 0.235 e. The predicted molar refractivity (Wildman–Crippen MR) is 535 cm³/mol. The normalized spacial score (nSPS) is 12.5. The van der Waals surface area contributed by atoms with Crippen molar-refractivity contribution in [1.82, 2.24) is 43.6 Å². The van der Waals surface area contributed by atoms with E-state index in [1.54, 1.807) is 11.3 Å². The standard InChI is InChI=1S/C42H25N3S.2C36H21N3S/c1-2-12-26(13-3-1)27-22-24-28(25-23-27)39-31-16-6-9-19-34(31)43-42(44-39)45-35-20-10-7-17-32(35)38-40(45)30-15-5-4-14-29(30)37-33-18-8-11-21-36(33)46-41(37)38;2*1-2-12-22(13-3-1)33-25-16-6-9-19-28(25)37-36(38-33)39-29-20-10-7-17-26(29)32-34(39)24-15-5-4-14-23(24)31-27-18-8-11-21-30(27)40-35(31)32/h1-25H;2*1-21H/i;1D,2D,3D,12D,13D;. The Kier molecular flexibility index (Phi) is 15.3. The molecule has 0 bridgehead atoms. The summed E-state index contributed by atoms with van der Waals surface area (Å²) in [6.45, 7) is 0. The average molecular weight is 1660 g/mol. The second kappa shape index (κ2) is 28.9. The molecule has 0 atom stereocenters. The summed E-state index contributed by atoms with van der Waals surface area (Å²) in [6, 6.07) is 130. The van der Waals surface area contributed by atoms with E-state index < -0.39 is 18.1 Å². The molecule has 9 heterocycles. The van der Waals surface area contributed by atoms with Crippen LogP contribution in [0.4, 0.5) is 0 Å². The van der Waals surface area contributed by atoms with Gasteiger partial charge in [-0.1, -0.05) is 352 Å². The van der Waals surface area contributed by atoms with Crippen molar-refractivity contribution in [3.8, 4) is 62.7 Å². The van der Waals surface area contributed by atoms with Gasteiger partial charge in [0, 0.05) is 142 Å². The molecule has 0 aliphatic heterocycles. The molecular formula is C114H67N9S3. The van der Waals surface area contributed by atoms with Gasteiger partial charge in [-0.25, -0.2) is 29.9 Å². The first-order valence-electron chi connectivity index (χ1n) is 44.5. The molecule has 0 amide bonds. The molecule has 9 nitrogen and oxygen atoms in total. The highest BCUT2D eigenvalue weighted by molar-refractivity contribution is 7.28. The zero-order chi connectivity index (χ0) is 87.0. The Labute approximate surface area is 739 Å². The van der Waals surface area contributed by atoms with E-state index in [2.05, 4.69) is 341 Å². The first-order chi connectivity index (χ1) is 64.6. The Hall–Kier alpha value is -16.0. The van der Waals surface area contributed by atoms with Crippen molar-refractivity contribution in [2.24, 2.45) is 0 Å². The maximum absolute atomic E-state index is 8.77. The van der Waals surface area contributed by atoms with Crippen LogP contribution in [-0.2, 0) is 0 Å². The van der Waals surface area contributed by atoms with Crippen LogP contribution in [0, 0.1) is 0 Å². The van der Waals surface area contributed by atoms with Gasteiger partial charge < -0.3 is 0 Å². The first-order valence-corrected chi connectivity index (χ1v) is 44.4. The number of benzene rings is 19. The van der Waals surface area contributed by atoms with Crippen molar-refractivity contribution in [2.45, 2.75) is 0 Å². The third kappa shape index (κ3) is 11.1. The molecule has 28 aromatic rings. The topological polar surface area (TPSA) is 92.1 Å². The minimum Gasteiger partial charge on any atom is -0.277 e. The molecule has 0 saturated heterocycles. The number of fused-ring (bicyclic) bond motifs is 33. The van der Waals surface area contributed by atoms with Crippen LogP contribution in [0.3, 0.4) is 0 Å². The number of hydrogen-bond acceptors (Lipinski definition) is 9. The summed E-state index contributed by atoms with van der Waals surface area (Å²) < 4.78 is 56.7. The number of nitrogens with zero attached hydrogens (tertiary/aromatic N) is 9. The van der Waals surface area contributed by atoms with Gasteiger partial charge in [0.1, 0.15) is 0 Å². The van der Waals surface area contributed by atoms with Crippen LogP contribution in [0.2, 0.25) is 0 Å². The van der Waals surface area contributed by atoms with Crippen LogP contribution in [0.25, 0.3) is 254 Å². The number of thiophene rings is 3. The van der Waals surface area contributed by atoms with Crippen LogP contribution in [-0.4, -0.2) is 43.6 Å². The van der Waals surface area contributed by atoms with E-state index in [0.29, 0.717) is 34.4 Å². The molecule has 28 rings (SSSR count). The lowest BCUT2D eigenvalue weighted by Gasteiger charge is -2.13. The van der Waals surface area contributed by atoms with E-state index in [0.717, 1.165) is 99.0 Å². The summed E-state index contributed by atoms with van der Waals surface area (Å²) in [5.41, 5.74) is 15.6. The second-order valence-electron chi connectivity index (χ2n) is 31.7. The lowest BCUT2D eigenvalue weighted by atomic mass is 10.00. The average Bonchev–Trinajstić information content (AvgIpc) is 1.55. The zero-order valence-electron chi connectivity index (χ0n) is 72.0. The van der Waals surface area contributed by atoms with E-state index in [9.17, 15) is 0 Å². The van der Waals surface area contributed by atoms with Crippen molar-refractivity contribution >= 4 is 225 Å². The summed E-state index contributed by atoms with van der Waals surface area (Å²) in [7, 11) is 0. The number of para-hydroxylation sites is 6. The van der Waals surface area contributed by atoms with E-state index in [1.807, 2.05) is 71.2 Å². The highest BCUT2D eigenvalue weighted by atomic mass is 32.1. The lowest BCUT2D eigenvalue weighted by molar-refractivity contribution is 1.02. The fourth-order valence-electron chi connectivity index (χ4n) is 19.5. The van der Waals surface area contributed by atoms with Crippen molar-refractivity contribution < 1.29 is 6.85 Å². The van der Waals surface area contributed by atoms with Gasteiger partial charge in [0.05, 0.1) is 73.6 Å². The molecule has 0 radical (unpaired) electrons. The molecule has 0 saturated carbocycles. The Morgan fingerprint density at radius 2 is 0.444 bits per heavy atom. The molecule has 19 aromatic carbocycles. The third-order valence-electron chi connectivity index (χ3n) is 24.9. The molecule has 126 heavy (non-hydrogen) atoms. The summed E-state index contributed by atoms with van der Waals surface area (Å²) in [5.74, 6) is 1.74. The molecule has 0 unspecified atom stereocenters. The monoisotopic (exact) mass is 1660 g/mol. The van der Waals surface area contributed by atoms with Gasteiger partial charge in [-0.2, -0.15) is 0 Å². The van der Waals surface area contributed by atoms with Gasteiger partial charge in [0.15, 0.2) is 0 Å². The summed E-state index contributed by atoms with van der Waals surface area (Å²) >= 11 is 5.53. The summed E-state index contributed by atoms with van der Waals surface area (Å²) in [6.07, 6.45) is 0. The van der Waals surface area contributed by atoms with Crippen molar-refractivity contribution in [2.75, 3.05) is 0 Å². The van der Waals surface area contributed by atoms with Crippen LogP contribution < -0.4 is 0 Å². The van der Waals surface area contributed by atoms with E-state index in [4.69, 9.17) is 36.8 Å². The maximum Gasteiger partial charge on any atom is 0.235 e. The highest BCUT2D eigenvalue weighted by Gasteiger charge is 2.29. The summed E-state index contributed by atoms with van der Waals surface area (Å²) in [5, 5.41) is 24.7. The molecule has 0 aliphatic carbocycles. The lowest BCUT2D eigenvalue weighted by Crippen LogP contribution is -2.03. The Balaban J connectivity index is 0.000000103. The van der Waals surface area contributed by atoms with Crippen molar-refractivity contribution in [3.05, 3.63) is 406 Å². The Morgan fingerprint density at radius 3 is 0.802 bits per heavy atom. The fourth-order valence-corrected chi connectivity index (χ4v) is 23.4. The van der Waals surface area contributed by atoms with Gasteiger partial charge in [-0.15, -0.1) is 34.0 Å². The van der Waals surface area contributed by atoms with Gasteiger partial charge in [0.2, 0.25) is 17.8 Å².